The topological polar surface area (TPSA) is 109 Å². The molecule has 1 aromatic carbocycles. The van der Waals surface area contributed by atoms with Crippen LogP contribution in [0.4, 0.5) is 5.69 Å². The first kappa shape index (κ1) is 19.2. The first-order valence-corrected chi connectivity index (χ1v) is 9.38. The normalized spacial score (nSPS) is 13.0. The van der Waals surface area contributed by atoms with E-state index in [1.807, 2.05) is 0 Å². The molecule has 0 radical (unpaired) electrons. The summed E-state index contributed by atoms with van der Waals surface area (Å²) in [5.74, 6) is -0.298. The van der Waals surface area contributed by atoms with Crippen LogP contribution < -0.4 is 10.0 Å². The zero-order chi connectivity index (χ0) is 18.4. The van der Waals surface area contributed by atoms with Gasteiger partial charge >= 0.3 is 0 Å². The molecule has 136 valence electrons. The number of benzene rings is 1. The summed E-state index contributed by atoms with van der Waals surface area (Å²) in [6.07, 6.45) is 2.29. The highest BCUT2D eigenvalue weighted by Crippen LogP contribution is 2.18. The Bertz CT molecular complexity index is 783. The van der Waals surface area contributed by atoms with Crippen molar-refractivity contribution >= 4 is 21.6 Å². The highest BCUT2D eigenvalue weighted by Gasteiger charge is 2.16. The first-order chi connectivity index (χ1) is 11.8. The lowest BCUT2D eigenvalue weighted by Crippen LogP contribution is -2.26. The van der Waals surface area contributed by atoms with Crippen LogP contribution in [0.25, 0.3) is 0 Å². The number of carbonyl (C=O) groups is 1. The third-order valence-electron chi connectivity index (χ3n) is 3.59. The van der Waals surface area contributed by atoms with E-state index in [1.54, 1.807) is 19.9 Å². The van der Waals surface area contributed by atoms with Gasteiger partial charge in [0.15, 0.2) is 0 Å². The standard InChI is InChI=1S/C17H22N2O5S/c1-12(2)17(21)19-14-3-5-15(6-4-14)25(22,23)18-9-7-16(20)13-8-10-24-11-13/h3-6,8,10-12,16,18,20H,7,9H2,1-2H3,(H,19,21). The molecule has 0 aliphatic carbocycles. The third kappa shape index (κ3) is 5.42. The van der Waals surface area contributed by atoms with Crippen molar-refractivity contribution in [1.82, 2.24) is 4.72 Å². The second kappa shape index (κ2) is 8.28. The van der Waals surface area contributed by atoms with Crippen LogP contribution in [0.15, 0.2) is 52.2 Å². The summed E-state index contributed by atoms with van der Waals surface area (Å²) in [5.41, 5.74) is 1.14. The number of aliphatic hydroxyl groups excluding tert-OH is 1. The molecule has 0 aliphatic rings. The highest BCUT2D eigenvalue weighted by molar-refractivity contribution is 7.89. The average molecular weight is 366 g/mol. The molecule has 0 spiro atoms. The lowest BCUT2D eigenvalue weighted by molar-refractivity contribution is -0.118. The minimum atomic E-state index is -3.68. The number of furan rings is 1. The molecule has 1 unspecified atom stereocenters. The maximum Gasteiger partial charge on any atom is 0.240 e. The fourth-order valence-electron chi connectivity index (χ4n) is 2.05. The van der Waals surface area contributed by atoms with Gasteiger partial charge in [-0.1, -0.05) is 13.8 Å². The number of carbonyl (C=O) groups excluding carboxylic acids is 1. The van der Waals surface area contributed by atoms with Gasteiger partial charge in [0.25, 0.3) is 0 Å². The van der Waals surface area contributed by atoms with Crippen molar-refractivity contribution in [3.8, 4) is 0 Å². The molecule has 1 aromatic heterocycles. The largest absolute Gasteiger partial charge is 0.472 e. The van der Waals surface area contributed by atoms with Crippen LogP contribution in [0.2, 0.25) is 0 Å². The zero-order valence-electron chi connectivity index (χ0n) is 14.1. The van der Waals surface area contributed by atoms with E-state index >= 15 is 0 Å². The minimum Gasteiger partial charge on any atom is -0.472 e. The number of anilines is 1. The van der Waals surface area contributed by atoms with E-state index < -0.39 is 16.1 Å². The Labute approximate surface area is 147 Å². The number of sulfonamides is 1. The number of hydrogen-bond donors (Lipinski definition) is 3. The van der Waals surface area contributed by atoms with Gasteiger partial charge in [0.2, 0.25) is 15.9 Å². The molecule has 2 rings (SSSR count). The lowest BCUT2D eigenvalue weighted by atomic mass is 10.1. The summed E-state index contributed by atoms with van der Waals surface area (Å²) in [5, 5.41) is 12.6. The van der Waals surface area contributed by atoms with Crippen LogP contribution in [0, 0.1) is 5.92 Å². The van der Waals surface area contributed by atoms with Gasteiger partial charge in [0.05, 0.1) is 23.5 Å². The van der Waals surface area contributed by atoms with Gasteiger partial charge in [-0.25, -0.2) is 13.1 Å². The quantitative estimate of drug-likeness (QED) is 0.664. The van der Waals surface area contributed by atoms with Gasteiger partial charge in [-0.2, -0.15) is 0 Å². The lowest BCUT2D eigenvalue weighted by Gasteiger charge is -2.11. The van der Waals surface area contributed by atoms with E-state index in [9.17, 15) is 18.3 Å². The zero-order valence-corrected chi connectivity index (χ0v) is 14.9. The van der Waals surface area contributed by atoms with Crippen LogP contribution in [-0.2, 0) is 14.8 Å². The number of nitrogens with one attached hydrogen (secondary N) is 2. The Morgan fingerprint density at radius 2 is 1.88 bits per heavy atom. The summed E-state index contributed by atoms with van der Waals surface area (Å²) in [6, 6.07) is 7.54. The van der Waals surface area contributed by atoms with Crippen LogP contribution >= 0.6 is 0 Å². The fourth-order valence-corrected chi connectivity index (χ4v) is 3.10. The molecule has 1 amide bonds. The van der Waals surface area contributed by atoms with Crippen molar-refractivity contribution in [3.63, 3.8) is 0 Å². The van der Waals surface area contributed by atoms with Gasteiger partial charge < -0.3 is 14.8 Å². The van der Waals surface area contributed by atoms with Crippen LogP contribution in [0.5, 0.6) is 0 Å². The van der Waals surface area contributed by atoms with E-state index in [2.05, 4.69) is 10.0 Å². The maximum absolute atomic E-state index is 12.2. The van der Waals surface area contributed by atoms with Crippen LogP contribution in [-0.4, -0.2) is 26.0 Å². The molecule has 0 aliphatic heterocycles. The fraction of sp³-hybridized carbons (Fsp3) is 0.353. The molecule has 0 saturated carbocycles. The molecule has 7 nitrogen and oxygen atoms in total. The van der Waals surface area contributed by atoms with Crippen molar-refractivity contribution in [2.45, 2.75) is 31.3 Å². The van der Waals surface area contributed by atoms with Crippen molar-refractivity contribution in [3.05, 3.63) is 48.4 Å². The van der Waals surface area contributed by atoms with E-state index in [0.29, 0.717) is 11.3 Å². The number of amides is 1. The Kier molecular flexibility index (Phi) is 6.35. The monoisotopic (exact) mass is 366 g/mol. The molecule has 1 atom stereocenters. The molecule has 0 saturated heterocycles. The van der Waals surface area contributed by atoms with Crippen molar-refractivity contribution in [1.29, 1.82) is 0 Å². The van der Waals surface area contributed by atoms with Crippen LogP contribution in [0.1, 0.15) is 31.9 Å². The number of hydrogen-bond acceptors (Lipinski definition) is 5. The highest BCUT2D eigenvalue weighted by atomic mass is 32.2. The second-order valence-electron chi connectivity index (χ2n) is 5.93. The number of aliphatic hydroxyl groups is 1. The molecular formula is C17H22N2O5S. The molecule has 3 N–H and O–H groups in total. The summed E-state index contributed by atoms with van der Waals surface area (Å²) in [7, 11) is -3.68. The molecule has 25 heavy (non-hydrogen) atoms. The van der Waals surface area contributed by atoms with Gasteiger partial charge in [-0.15, -0.1) is 0 Å². The summed E-state index contributed by atoms with van der Waals surface area (Å²) >= 11 is 0. The molecule has 8 heteroatoms. The average Bonchev–Trinajstić information content (AvgIpc) is 3.09. The smallest absolute Gasteiger partial charge is 0.240 e. The van der Waals surface area contributed by atoms with Gasteiger partial charge in [-0.3, -0.25) is 4.79 Å². The van der Waals surface area contributed by atoms with Crippen molar-refractivity contribution in [2.24, 2.45) is 5.92 Å². The Hall–Kier alpha value is -2.16. The Morgan fingerprint density at radius 3 is 2.44 bits per heavy atom. The van der Waals surface area contributed by atoms with E-state index in [0.717, 1.165) is 0 Å². The molecule has 0 bridgehead atoms. The van der Waals surface area contributed by atoms with Crippen LogP contribution in [0.3, 0.4) is 0 Å². The van der Waals surface area contributed by atoms with Gasteiger partial charge in [0.1, 0.15) is 0 Å². The van der Waals surface area contributed by atoms with E-state index in [1.165, 1.54) is 36.8 Å². The Balaban J connectivity index is 1.91. The van der Waals surface area contributed by atoms with E-state index in [-0.39, 0.29) is 29.7 Å². The molecule has 1 heterocycles. The predicted octanol–water partition coefficient (Wildman–Crippen LogP) is 2.28. The third-order valence-corrected chi connectivity index (χ3v) is 5.07. The summed E-state index contributed by atoms with van der Waals surface area (Å²) < 4.78 is 31.8. The van der Waals surface area contributed by atoms with Gasteiger partial charge in [-0.05, 0) is 36.8 Å². The predicted molar refractivity (Wildman–Crippen MR) is 93.4 cm³/mol. The SMILES string of the molecule is CC(C)C(=O)Nc1ccc(S(=O)(=O)NCCC(O)c2ccoc2)cc1. The number of rotatable bonds is 8. The molecule has 0 fully saturated rings. The minimum absolute atomic E-state index is 0.0838. The summed E-state index contributed by atoms with van der Waals surface area (Å²) in [4.78, 5) is 11.7. The maximum atomic E-state index is 12.2. The van der Waals surface area contributed by atoms with Gasteiger partial charge in [0, 0.05) is 23.7 Å². The van der Waals surface area contributed by atoms with Crippen molar-refractivity contribution in [2.75, 3.05) is 11.9 Å². The molecule has 2 aromatic rings. The first-order valence-electron chi connectivity index (χ1n) is 7.90. The van der Waals surface area contributed by atoms with Crippen molar-refractivity contribution < 1.29 is 22.7 Å². The summed E-state index contributed by atoms with van der Waals surface area (Å²) in [6.45, 7) is 3.63. The van der Waals surface area contributed by atoms with E-state index in [4.69, 9.17) is 4.42 Å². The molecular weight excluding hydrogens is 344 g/mol. The second-order valence-corrected chi connectivity index (χ2v) is 7.69. The Morgan fingerprint density at radius 1 is 1.20 bits per heavy atom.